The molecule has 1 aliphatic rings. The van der Waals surface area contributed by atoms with E-state index in [1.807, 2.05) is 26.8 Å². The van der Waals surface area contributed by atoms with Crippen molar-refractivity contribution in [3.63, 3.8) is 0 Å². The number of carbonyl (C=O) groups excluding carboxylic acids is 1. The van der Waals surface area contributed by atoms with Crippen molar-refractivity contribution in [1.29, 1.82) is 0 Å². The van der Waals surface area contributed by atoms with Gasteiger partial charge < -0.3 is 9.47 Å². The van der Waals surface area contributed by atoms with Crippen molar-refractivity contribution in [3.8, 4) is 5.75 Å². The number of carbonyl (C=O) groups is 1. The highest BCUT2D eigenvalue weighted by Gasteiger charge is 2.43. The molecule has 0 aromatic heterocycles. The van der Waals surface area contributed by atoms with Crippen LogP contribution in [0.25, 0.3) is 0 Å². The van der Waals surface area contributed by atoms with Crippen LogP contribution in [-0.2, 0) is 21.4 Å². The average Bonchev–Trinajstić information content (AvgIpc) is 3.17. The molecular weight excluding hydrogens is 283 g/mol. The third-order valence-electron chi connectivity index (χ3n) is 4.22. The Labute approximate surface area is 131 Å². The lowest BCUT2D eigenvalue weighted by atomic mass is 9.91. The number of hydrogen-bond acceptors (Lipinski definition) is 3. The number of methoxy groups -OCH3 is 1. The molecule has 0 N–H and O–H groups in total. The van der Waals surface area contributed by atoms with Crippen LogP contribution in [0.1, 0.15) is 58.1 Å². The summed E-state index contributed by atoms with van der Waals surface area (Å²) in [5, 5.41) is 0. The van der Waals surface area contributed by atoms with Gasteiger partial charge in [0.05, 0.1) is 13.5 Å². The molecule has 122 valence electrons. The zero-order chi connectivity index (χ0) is 16.5. The summed E-state index contributed by atoms with van der Waals surface area (Å²) in [6.07, 6.45) is 3.14. The summed E-state index contributed by atoms with van der Waals surface area (Å²) in [4.78, 5) is 12.1. The molecule has 1 fully saturated rings. The van der Waals surface area contributed by atoms with Crippen LogP contribution >= 0.6 is 0 Å². The van der Waals surface area contributed by atoms with Crippen molar-refractivity contribution < 1.29 is 18.7 Å². The lowest BCUT2D eigenvalue weighted by Gasteiger charge is -2.21. The maximum Gasteiger partial charge on any atom is 0.310 e. The van der Waals surface area contributed by atoms with Gasteiger partial charge in [-0.05, 0) is 57.1 Å². The van der Waals surface area contributed by atoms with E-state index in [2.05, 4.69) is 6.92 Å². The molecule has 1 aromatic carbocycles. The lowest BCUT2D eigenvalue weighted by Crippen LogP contribution is -2.25. The summed E-state index contributed by atoms with van der Waals surface area (Å²) in [6, 6.07) is 3.45. The van der Waals surface area contributed by atoms with E-state index in [4.69, 9.17) is 9.47 Å². The zero-order valence-electron chi connectivity index (χ0n) is 14.1. The molecule has 1 saturated carbocycles. The van der Waals surface area contributed by atoms with Gasteiger partial charge in [0, 0.05) is 5.56 Å². The molecule has 0 spiro atoms. The quantitative estimate of drug-likeness (QED) is 0.766. The molecule has 0 amide bonds. The monoisotopic (exact) mass is 308 g/mol. The van der Waals surface area contributed by atoms with Gasteiger partial charge in [0.2, 0.25) is 0 Å². The molecule has 4 heteroatoms. The molecule has 3 nitrogen and oxygen atoms in total. The van der Waals surface area contributed by atoms with Gasteiger partial charge in [-0.1, -0.05) is 13.0 Å². The molecule has 0 unspecified atom stereocenters. The fraction of sp³-hybridized carbons (Fsp3) is 0.611. The second kappa shape index (κ2) is 5.90. The molecule has 2 rings (SSSR count). The van der Waals surface area contributed by atoms with E-state index in [1.165, 1.54) is 7.11 Å². The lowest BCUT2D eigenvalue weighted by molar-refractivity contribution is -0.153. The molecule has 0 heterocycles. The van der Waals surface area contributed by atoms with E-state index >= 15 is 0 Å². The SMILES string of the molecule is CCC1(c2cc(F)c(OC)c(CC(=O)OC(C)(C)C)c2)CC1. The Bertz CT molecular complexity index is 568. The highest BCUT2D eigenvalue weighted by molar-refractivity contribution is 5.74. The van der Waals surface area contributed by atoms with E-state index in [0.717, 1.165) is 24.8 Å². The first-order valence-corrected chi connectivity index (χ1v) is 7.79. The van der Waals surface area contributed by atoms with Gasteiger partial charge in [0.1, 0.15) is 5.60 Å². The molecule has 1 aliphatic carbocycles. The van der Waals surface area contributed by atoms with Crippen LogP contribution < -0.4 is 4.74 Å². The van der Waals surface area contributed by atoms with E-state index in [0.29, 0.717) is 5.56 Å². The Hall–Kier alpha value is -1.58. The first-order valence-electron chi connectivity index (χ1n) is 7.79. The third-order valence-corrected chi connectivity index (χ3v) is 4.22. The van der Waals surface area contributed by atoms with Crippen molar-refractivity contribution in [2.75, 3.05) is 7.11 Å². The molecule has 1 aromatic rings. The average molecular weight is 308 g/mol. The number of benzene rings is 1. The van der Waals surface area contributed by atoms with Crippen LogP contribution in [0.3, 0.4) is 0 Å². The maximum absolute atomic E-state index is 14.3. The Morgan fingerprint density at radius 1 is 1.32 bits per heavy atom. The molecule has 0 atom stereocenters. The van der Waals surface area contributed by atoms with E-state index in [9.17, 15) is 9.18 Å². The number of halogens is 1. The minimum absolute atomic E-state index is 0.0188. The Balaban J connectivity index is 2.30. The van der Waals surface area contributed by atoms with Gasteiger partial charge in [0.25, 0.3) is 0 Å². The predicted molar refractivity (Wildman–Crippen MR) is 83.7 cm³/mol. The number of rotatable bonds is 5. The molecule has 0 saturated heterocycles. The summed E-state index contributed by atoms with van der Waals surface area (Å²) in [7, 11) is 1.42. The largest absolute Gasteiger partial charge is 0.493 e. The van der Waals surface area contributed by atoms with Crippen molar-refractivity contribution in [1.82, 2.24) is 0 Å². The van der Waals surface area contributed by atoms with Crippen LogP contribution in [0.5, 0.6) is 5.75 Å². The number of esters is 1. The topological polar surface area (TPSA) is 35.5 Å². The zero-order valence-corrected chi connectivity index (χ0v) is 14.1. The van der Waals surface area contributed by atoms with E-state index in [-0.39, 0.29) is 23.6 Å². The summed E-state index contributed by atoms with van der Waals surface area (Å²) in [5.41, 5.74) is 1.05. The molecule has 0 radical (unpaired) electrons. The molecule has 0 aliphatic heterocycles. The highest BCUT2D eigenvalue weighted by Crippen LogP contribution is 2.51. The summed E-state index contributed by atoms with van der Waals surface area (Å²) < 4.78 is 24.8. The van der Waals surface area contributed by atoms with Gasteiger partial charge in [-0.15, -0.1) is 0 Å². The van der Waals surface area contributed by atoms with E-state index in [1.54, 1.807) is 6.07 Å². The maximum atomic E-state index is 14.3. The minimum Gasteiger partial charge on any atom is -0.493 e. The van der Waals surface area contributed by atoms with Crippen LogP contribution in [0.4, 0.5) is 4.39 Å². The van der Waals surface area contributed by atoms with Gasteiger partial charge in [0.15, 0.2) is 11.6 Å². The van der Waals surface area contributed by atoms with Gasteiger partial charge in [-0.2, -0.15) is 0 Å². The molecule has 22 heavy (non-hydrogen) atoms. The van der Waals surface area contributed by atoms with Crippen LogP contribution in [0.2, 0.25) is 0 Å². The van der Waals surface area contributed by atoms with Crippen molar-refractivity contribution in [2.24, 2.45) is 0 Å². The smallest absolute Gasteiger partial charge is 0.310 e. The van der Waals surface area contributed by atoms with Crippen molar-refractivity contribution >= 4 is 5.97 Å². The normalized spacial score (nSPS) is 16.3. The summed E-state index contributed by atoms with van der Waals surface area (Å²) in [6.45, 7) is 7.56. The minimum atomic E-state index is -0.554. The number of ether oxygens (including phenoxy) is 2. The standard InChI is InChI=1S/C18H25FO3/c1-6-18(7-8-18)13-9-12(16(21-5)14(19)11-13)10-15(20)22-17(2,3)4/h9,11H,6-8,10H2,1-5H3. The Morgan fingerprint density at radius 3 is 2.41 bits per heavy atom. The van der Waals surface area contributed by atoms with Gasteiger partial charge in [-0.3, -0.25) is 4.79 Å². The van der Waals surface area contributed by atoms with E-state index < -0.39 is 11.4 Å². The number of hydrogen-bond donors (Lipinski definition) is 0. The molecular formula is C18H25FO3. The molecule has 0 bridgehead atoms. The fourth-order valence-corrected chi connectivity index (χ4v) is 2.85. The predicted octanol–water partition coefficient (Wildman–Crippen LogP) is 4.16. The fourth-order valence-electron chi connectivity index (χ4n) is 2.85. The second-order valence-corrected chi connectivity index (χ2v) is 7.05. The van der Waals surface area contributed by atoms with Crippen LogP contribution in [0, 0.1) is 5.82 Å². The Morgan fingerprint density at radius 2 is 1.95 bits per heavy atom. The van der Waals surface area contributed by atoms with Crippen molar-refractivity contribution in [2.45, 2.75) is 64.4 Å². The summed E-state index contributed by atoms with van der Waals surface area (Å²) in [5.74, 6) is -0.636. The van der Waals surface area contributed by atoms with Gasteiger partial charge >= 0.3 is 5.97 Å². The first kappa shape index (κ1) is 16.8. The first-order chi connectivity index (χ1) is 10.2. The van der Waals surface area contributed by atoms with Gasteiger partial charge in [-0.25, -0.2) is 4.39 Å². The van der Waals surface area contributed by atoms with Crippen LogP contribution in [0.15, 0.2) is 12.1 Å². The van der Waals surface area contributed by atoms with Crippen LogP contribution in [-0.4, -0.2) is 18.7 Å². The summed E-state index contributed by atoms with van der Waals surface area (Å²) >= 11 is 0. The Kier molecular flexibility index (Phi) is 4.50. The van der Waals surface area contributed by atoms with Crippen molar-refractivity contribution in [3.05, 3.63) is 29.1 Å². The third kappa shape index (κ3) is 3.60. The second-order valence-electron chi connectivity index (χ2n) is 7.05. The highest BCUT2D eigenvalue weighted by atomic mass is 19.1.